The molecule has 0 aliphatic heterocycles. The molecule has 0 saturated carbocycles. The molecule has 5 nitrogen and oxygen atoms in total. The van der Waals surface area contributed by atoms with E-state index in [1.54, 1.807) is 23.1 Å². The first-order chi connectivity index (χ1) is 13.2. The molecule has 3 aromatic heterocycles. The molecule has 0 spiro atoms. The lowest BCUT2D eigenvalue weighted by molar-refractivity contribution is 0.795. The minimum absolute atomic E-state index is 0.000171. The predicted octanol–water partition coefficient (Wildman–Crippen LogP) is 4.17. The molecule has 1 aromatic carbocycles. The second-order valence-corrected chi connectivity index (χ2v) is 8.72. The zero-order chi connectivity index (χ0) is 18.4. The number of benzene rings is 1. The van der Waals surface area contributed by atoms with E-state index in [1.807, 2.05) is 31.4 Å². The second-order valence-electron chi connectivity index (χ2n) is 6.69. The number of aromatic amines is 1. The fourth-order valence-corrected chi connectivity index (χ4v) is 5.75. The van der Waals surface area contributed by atoms with Gasteiger partial charge in [0.2, 0.25) is 0 Å². The summed E-state index contributed by atoms with van der Waals surface area (Å²) in [4.78, 5) is 27.0. The number of thioether (sulfide) groups is 1. The number of nitrogens with zero attached hydrogens (tertiary/aromatic N) is 3. The van der Waals surface area contributed by atoms with Gasteiger partial charge < -0.3 is 9.55 Å². The van der Waals surface area contributed by atoms with Crippen LogP contribution in [0.15, 0.2) is 46.5 Å². The molecule has 0 amide bonds. The zero-order valence-corrected chi connectivity index (χ0v) is 16.5. The first kappa shape index (κ1) is 16.8. The summed E-state index contributed by atoms with van der Waals surface area (Å²) < 4.78 is 2.08. The zero-order valence-electron chi connectivity index (χ0n) is 14.9. The Hall–Kier alpha value is -2.38. The van der Waals surface area contributed by atoms with Gasteiger partial charge in [-0.1, -0.05) is 42.1 Å². The quantitative estimate of drug-likeness (QED) is 0.528. The van der Waals surface area contributed by atoms with Crippen LogP contribution in [-0.4, -0.2) is 19.5 Å². The Kier molecular flexibility index (Phi) is 4.13. The Labute approximate surface area is 164 Å². The molecule has 0 atom stereocenters. The number of aromatic nitrogens is 4. The van der Waals surface area contributed by atoms with Crippen LogP contribution in [0.1, 0.15) is 22.7 Å². The van der Waals surface area contributed by atoms with Crippen LogP contribution in [0.3, 0.4) is 0 Å². The van der Waals surface area contributed by atoms with Crippen molar-refractivity contribution in [3.63, 3.8) is 0 Å². The number of thiophene rings is 1. The number of aryl methyl sites for hydroxylation is 2. The van der Waals surface area contributed by atoms with Gasteiger partial charge in [-0.15, -0.1) is 11.3 Å². The topological polar surface area (TPSA) is 63.6 Å². The van der Waals surface area contributed by atoms with Crippen molar-refractivity contribution in [1.29, 1.82) is 0 Å². The molecule has 4 aromatic rings. The minimum atomic E-state index is -0.000171. The van der Waals surface area contributed by atoms with E-state index in [0.717, 1.165) is 45.9 Å². The molecule has 136 valence electrons. The molecule has 7 heteroatoms. The van der Waals surface area contributed by atoms with Crippen LogP contribution in [0.4, 0.5) is 0 Å². The first-order valence-corrected chi connectivity index (χ1v) is 10.7. The van der Waals surface area contributed by atoms with Gasteiger partial charge in [-0.05, 0) is 30.4 Å². The van der Waals surface area contributed by atoms with Crippen molar-refractivity contribution < 1.29 is 0 Å². The van der Waals surface area contributed by atoms with Crippen molar-refractivity contribution in [2.45, 2.75) is 30.2 Å². The molecule has 0 unspecified atom stereocenters. The molecule has 0 fully saturated rings. The number of nitrogens with one attached hydrogen (secondary N) is 1. The van der Waals surface area contributed by atoms with Gasteiger partial charge in [0.1, 0.15) is 10.7 Å². The average Bonchev–Trinajstić information content (AvgIpc) is 3.35. The molecule has 0 radical (unpaired) electrons. The molecular weight excluding hydrogens is 376 g/mol. The van der Waals surface area contributed by atoms with E-state index >= 15 is 0 Å². The smallest absolute Gasteiger partial charge is 0.259 e. The van der Waals surface area contributed by atoms with Crippen molar-refractivity contribution >= 4 is 33.3 Å². The third-order valence-electron chi connectivity index (χ3n) is 4.98. The van der Waals surface area contributed by atoms with Gasteiger partial charge in [0.05, 0.1) is 23.0 Å². The highest BCUT2D eigenvalue weighted by Crippen LogP contribution is 2.35. The van der Waals surface area contributed by atoms with Crippen LogP contribution >= 0.6 is 23.1 Å². The maximum atomic E-state index is 12.6. The van der Waals surface area contributed by atoms with Gasteiger partial charge in [0.25, 0.3) is 5.56 Å². The van der Waals surface area contributed by atoms with Gasteiger partial charge >= 0.3 is 0 Å². The lowest BCUT2D eigenvalue weighted by atomic mass is 10.2. The summed E-state index contributed by atoms with van der Waals surface area (Å²) in [5.74, 6) is 1.30. The number of rotatable bonds is 4. The summed E-state index contributed by atoms with van der Waals surface area (Å²) in [6.07, 6.45) is 5.12. The van der Waals surface area contributed by atoms with Crippen LogP contribution in [0.25, 0.3) is 21.5 Å². The molecule has 27 heavy (non-hydrogen) atoms. The maximum Gasteiger partial charge on any atom is 0.259 e. The highest BCUT2D eigenvalue weighted by atomic mass is 32.2. The van der Waals surface area contributed by atoms with E-state index in [1.165, 1.54) is 10.4 Å². The summed E-state index contributed by atoms with van der Waals surface area (Å²) >= 11 is 3.27. The van der Waals surface area contributed by atoms with Gasteiger partial charge in [0.15, 0.2) is 5.16 Å². The predicted molar refractivity (Wildman–Crippen MR) is 110 cm³/mol. The molecule has 0 saturated heterocycles. The highest BCUT2D eigenvalue weighted by molar-refractivity contribution is 7.98. The summed E-state index contributed by atoms with van der Waals surface area (Å²) in [7, 11) is 2.01. The van der Waals surface area contributed by atoms with Crippen molar-refractivity contribution in [2.24, 2.45) is 7.05 Å². The average molecular weight is 395 g/mol. The molecular formula is C20H18N4OS2. The van der Waals surface area contributed by atoms with Gasteiger partial charge in [-0.25, -0.2) is 9.97 Å². The third-order valence-corrected chi connectivity index (χ3v) is 7.22. The lowest BCUT2D eigenvalue weighted by Gasteiger charge is -2.06. The fourth-order valence-electron chi connectivity index (χ4n) is 3.65. The van der Waals surface area contributed by atoms with E-state index in [0.29, 0.717) is 11.6 Å². The molecule has 0 bridgehead atoms. The molecule has 1 aliphatic rings. The van der Waals surface area contributed by atoms with E-state index in [4.69, 9.17) is 4.98 Å². The Balaban J connectivity index is 1.41. The number of hydrogen-bond donors (Lipinski definition) is 1. The van der Waals surface area contributed by atoms with Gasteiger partial charge in [-0.2, -0.15) is 0 Å². The van der Waals surface area contributed by atoms with E-state index in [-0.39, 0.29) is 5.56 Å². The number of fused-ring (bicyclic) bond motifs is 3. The fraction of sp³-hybridized carbons (Fsp3) is 0.250. The highest BCUT2D eigenvalue weighted by Gasteiger charge is 2.21. The lowest BCUT2D eigenvalue weighted by Crippen LogP contribution is -2.11. The van der Waals surface area contributed by atoms with Crippen molar-refractivity contribution in [1.82, 2.24) is 19.5 Å². The molecule has 1 aliphatic carbocycles. The number of hydrogen-bond acceptors (Lipinski definition) is 5. The largest absolute Gasteiger partial charge is 0.322 e. The second kappa shape index (κ2) is 6.65. The minimum Gasteiger partial charge on any atom is -0.322 e. The van der Waals surface area contributed by atoms with Crippen LogP contribution < -0.4 is 5.56 Å². The van der Waals surface area contributed by atoms with Crippen LogP contribution in [0.2, 0.25) is 0 Å². The first-order valence-electron chi connectivity index (χ1n) is 8.94. The van der Waals surface area contributed by atoms with E-state index in [9.17, 15) is 4.79 Å². The third kappa shape index (κ3) is 2.91. The molecule has 1 N–H and O–H groups in total. The van der Waals surface area contributed by atoms with Crippen molar-refractivity contribution in [2.75, 3.05) is 0 Å². The Morgan fingerprint density at radius 1 is 1.26 bits per heavy atom. The number of H-pyrrole nitrogens is 1. The summed E-state index contributed by atoms with van der Waals surface area (Å²) in [5, 5.41) is 1.72. The summed E-state index contributed by atoms with van der Waals surface area (Å²) in [6.45, 7) is 0. The monoisotopic (exact) mass is 394 g/mol. The summed E-state index contributed by atoms with van der Waals surface area (Å²) in [6, 6.07) is 10.2. The van der Waals surface area contributed by atoms with E-state index in [2.05, 4.69) is 26.7 Å². The summed E-state index contributed by atoms with van der Waals surface area (Å²) in [5.41, 5.74) is 3.43. The van der Waals surface area contributed by atoms with Crippen LogP contribution in [-0.2, 0) is 25.6 Å². The van der Waals surface area contributed by atoms with Crippen molar-refractivity contribution in [3.8, 4) is 11.3 Å². The SMILES string of the molecule is Cn1c(-c2ccccc2)cnc1SCc1nc2sc3c(c2c(=O)[nH]1)CCC3. The van der Waals surface area contributed by atoms with Crippen LogP contribution in [0.5, 0.6) is 0 Å². The Morgan fingerprint density at radius 2 is 2.11 bits per heavy atom. The van der Waals surface area contributed by atoms with Gasteiger partial charge in [0, 0.05) is 11.9 Å². The van der Waals surface area contributed by atoms with Gasteiger partial charge in [-0.3, -0.25) is 4.79 Å². The normalized spacial score (nSPS) is 13.4. The van der Waals surface area contributed by atoms with Crippen LogP contribution in [0, 0.1) is 0 Å². The Morgan fingerprint density at radius 3 is 2.96 bits per heavy atom. The molecule has 5 rings (SSSR count). The van der Waals surface area contributed by atoms with E-state index < -0.39 is 0 Å². The number of imidazole rings is 1. The van der Waals surface area contributed by atoms with Crippen molar-refractivity contribution in [3.05, 3.63) is 63.1 Å². The molecule has 3 heterocycles. The standard InChI is InChI=1S/C20H18N4OS2/c1-24-14(12-6-3-2-4-7-12)10-21-20(24)26-11-16-22-18(25)17-13-8-5-9-15(13)27-19(17)23-16/h2-4,6-7,10H,5,8-9,11H2,1H3,(H,22,23,25). The Bertz CT molecular complexity index is 1190. The maximum absolute atomic E-state index is 12.6.